The molecule has 2 heterocycles. The molecule has 1 aromatic heterocycles. The van der Waals surface area contributed by atoms with Gasteiger partial charge in [-0.3, -0.25) is 4.79 Å². The number of carbonyl (C=O) groups is 1. The summed E-state index contributed by atoms with van der Waals surface area (Å²) in [7, 11) is 1.90. The summed E-state index contributed by atoms with van der Waals surface area (Å²) in [5.41, 5.74) is 0. The van der Waals surface area contributed by atoms with Crippen molar-refractivity contribution in [2.45, 2.75) is 44.6 Å². The van der Waals surface area contributed by atoms with E-state index in [4.69, 9.17) is 0 Å². The van der Waals surface area contributed by atoms with E-state index >= 15 is 0 Å². The molecular weight excluding hydrogens is 260 g/mol. The molecule has 19 heavy (non-hydrogen) atoms. The number of carbonyl (C=O) groups excluding carboxylic acids is 1. The molecule has 1 saturated carbocycles. The van der Waals surface area contributed by atoms with Crippen molar-refractivity contribution in [2.75, 3.05) is 25.0 Å². The third kappa shape index (κ3) is 2.73. The van der Waals surface area contributed by atoms with Gasteiger partial charge in [-0.05, 0) is 25.7 Å². The molecule has 1 aromatic rings. The number of piperidine rings is 1. The Labute approximate surface area is 117 Å². The van der Waals surface area contributed by atoms with Crippen molar-refractivity contribution >= 4 is 22.6 Å². The third-order valence-electron chi connectivity index (χ3n) is 4.15. The van der Waals surface area contributed by atoms with Gasteiger partial charge in [0, 0.05) is 50.6 Å². The fraction of sp³-hybridized carbons (Fsp3) is 0.769. The monoisotopic (exact) mass is 280 g/mol. The van der Waals surface area contributed by atoms with Gasteiger partial charge in [0.05, 0.1) is 0 Å². The smallest absolute Gasteiger partial charge is 0.219 e. The molecule has 0 spiro atoms. The van der Waals surface area contributed by atoms with Gasteiger partial charge < -0.3 is 9.80 Å². The third-order valence-corrected chi connectivity index (χ3v) is 4.94. The highest BCUT2D eigenvalue weighted by molar-refractivity contribution is 7.09. The van der Waals surface area contributed by atoms with Crippen molar-refractivity contribution < 1.29 is 4.79 Å². The Morgan fingerprint density at radius 3 is 2.58 bits per heavy atom. The summed E-state index contributed by atoms with van der Waals surface area (Å²) in [5, 5.41) is 1.06. The van der Waals surface area contributed by atoms with Gasteiger partial charge >= 0.3 is 0 Å². The minimum absolute atomic E-state index is 0.158. The second-order valence-electron chi connectivity index (χ2n) is 5.56. The van der Waals surface area contributed by atoms with Gasteiger partial charge in [-0.25, -0.2) is 4.98 Å². The van der Waals surface area contributed by atoms with Gasteiger partial charge in [-0.15, -0.1) is 0 Å². The summed E-state index contributed by atoms with van der Waals surface area (Å²) in [6, 6.07) is 0.379. The summed E-state index contributed by atoms with van der Waals surface area (Å²) in [5.74, 6) is 1.83. The average Bonchev–Trinajstić information content (AvgIpc) is 3.16. The van der Waals surface area contributed by atoms with Crippen LogP contribution in [0, 0.1) is 0 Å². The van der Waals surface area contributed by atoms with E-state index in [1.807, 2.05) is 11.9 Å². The van der Waals surface area contributed by atoms with Gasteiger partial charge in [0.2, 0.25) is 11.0 Å². The van der Waals surface area contributed by atoms with E-state index < -0.39 is 0 Å². The van der Waals surface area contributed by atoms with Crippen LogP contribution in [0.1, 0.15) is 44.3 Å². The van der Waals surface area contributed by atoms with E-state index in [0.717, 1.165) is 36.9 Å². The molecule has 6 heteroatoms. The lowest BCUT2D eigenvalue weighted by Gasteiger charge is -2.36. The maximum Gasteiger partial charge on any atom is 0.219 e. The zero-order valence-electron chi connectivity index (χ0n) is 11.5. The van der Waals surface area contributed by atoms with Crippen molar-refractivity contribution in [2.24, 2.45) is 0 Å². The molecule has 5 nitrogen and oxygen atoms in total. The number of hydrogen-bond acceptors (Lipinski definition) is 5. The highest BCUT2D eigenvalue weighted by Gasteiger charge is 2.30. The van der Waals surface area contributed by atoms with Crippen molar-refractivity contribution in [1.29, 1.82) is 0 Å². The highest BCUT2D eigenvalue weighted by Crippen LogP contribution is 2.40. The zero-order valence-corrected chi connectivity index (χ0v) is 12.3. The normalized spacial score (nSPS) is 20.6. The molecular formula is C13H20N4OS. The molecule has 0 N–H and O–H groups in total. The molecule has 1 aliphatic heterocycles. The average molecular weight is 280 g/mol. The largest absolute Gasteiger partial charge is 0.347 e. The van der Waals surface area contributed by atoms with Crippen molar-refractivity contribution in [1.82, 2.24) is 14.3 Å². The molecule has 0 bridgehead atoms. The molecule has 104 valence electrons. The molecule has 3 rings (SSSR count). The standard InChI is InChI=1S/C13H20N4OS/c1-9(18)16(2)11-5-7-17(8-6-11)13-14-12(15-19-13)10-3-4-10/h10-11H,3-8H2,1-2H3. The summed E-state index contributed by atoms with van der Waals surface area (Å²) in [6.07, 6.45) is 4.55. The zero-order chi connectivity index (χ0) is 13.4. The molecule has 0 aromatic carbocycles. The van der Waals surface area contributed by atoms with Crippen molar-refractivity contribution in [3.05, 3.63) is 5.82 Å². The van der Waals surface area contributed by atoms with E-state index in [1.54, 1.807) is 6.92 Å². The first-order valence-electron chi connectivity index (χ1n) is 6.97. The molecule has 0 unspecified atom stereocenters. The minimum atomic E-state index is 0.158. The van der Waals surface area contributed by atoms with Crippen LogP contribution in [0.2, 0.25) is 0 Å². The maximum absolute atomic E-state index is 11.4. The summed E-state index contributed by atoms with van der Waals surface area (Å²) in [4.78, 5) is 20.2. The predicted molar refractivity (Wildman–Crippen MR) is 75.6 cm³/mol. The van der Waals surface area contributed by atoms with Crippen LogP contribution in [0.3, 0.4) is 0 Å². The Hall–Kier alpha value is -1.17. The van der Waals surface area contributed by atoms with Crippen LogP contribution in [0.5, 0.6) is 0 Å². The number of hydrogen-bond donors (Lipinski definition) is 0. The van der Waals surface area contributed by atoms with Crippen LogP contribution < -0.4 is 4.90 Å². The van der Waals surface area contributed by atoms with Crippen LogP contribution >= 0.6 is 11.5 Å². The fourth-order valence-electron chi connectivity index (χ4n) is 2.56. The molecule has 1 saturated heterocycles. The molecule has 2 fully saturated rings. The first-order valence-corrected chi connectivity index (χ1v) is 7.74. The maximum atomic E-state index is 11.4. The SMILES string of the molecule is CC(=O)N(C)C1CCN(c2nc(C3CC3)ns2)CC1. The van der Waals surface area contributed by atoms with Crippen LogP contribution in [-0.2, 0) is 4.79 Å². The van der Waals surface area contributed by atoms with E-state index in [1.165, 1.54) is 24.4 Å². The summed E-state index contributed by atoms with van der Waals surface area (Å²) >= 11 is 1.52. The molecule has 0 radical (unpaired) electrons. The van der Waals surface area contributed by atoms with Crippen molar-refractivity contribution in [3.8, 4) is 0 Å². The molecule has 1 amide bonds. The van der Waals surface area contributed by atoms with Crippen LogP contribution in [0.15, 0.2) is 0 Å². The van der Waals surface area contributed by atoms with E-state index in [2.05, 4.69) is 14.3 Å². The summed E-state index contributed by atoms with van der Waals surface area (Å²) in [6.45, 7) is 3.59. The van der Waals surface area contributed by atoms with Gasteiger partial charge in [0.1, 0.15) is 5.82 Å². The van der Waals surface area contributed by atoms with Crippen LogP contribution in [0.25, 0.3) is 0 Å². The van der Waals surface area contributed by atoms with E-state index in [-0.39, 0.29) is 5.91 Å². The first-order chi connectivity index (χ1) is 9.15. The number of aromatic nitrogens is 2. The van der Waals surface area contributed by atoms with E-state index in [0.29, 0.717) is 12.0 Å². The quantitative estimate of drug-likeness (QED) is 0.848. The molecule has 1 aliphatic carbocycles. The van der Waals surface area contributed by atoms with Gasteiger partial charge in [0.15, 0.2) is 0 Å². The lowest BCUT2D eigenvalue weighted by Crippen LogP contribution is -2.45. The van der Waals surface area contributed by atoms with E-state index in [9.17, 15) is 4.79 Å². The topological polar surface area (TPSA) is 49.3 Å². The Balaban J connectivity index is 1.58. The second kappa shape index (κ2) is 5.07. The lowest BCUT2D eigenvalue weighted by molar-refractivity contribution is -0.129. The van der Waals surface area contributed by atoms with Crippen LogP contribution in [-0.4, -0.2) is 46.3 Å². The number of nitrogens with zero attached hydrogens (tertiary/aromatic N) is 4. The Morgan fingerprint density at radius 2 is 2.00 bits per heavy atom. The highest BCUT2D eigenvalue weighted by atomic mass is 32.1. The van der Waals surface area contributed by atoms with Crippen LogP contribution in [0.4, 0.5) is 5.13 Å². The van der Waals surface area contributed by atoms with Crippen molar-refractivity contribution in [3.63, 3.8) is 0 Å². The first kappa shape index (κ1) is 12.8. The predicted octanol–water partition coefficient (Wildman–Crippen LogP) is 1.86. The number of anilines is 1. The Bertz CT molecular complexity index is 463. The van der Waals surface area contributed by atoms with Gasteiger partial charge in [0.25, 0.3) is 0 Å². The fourth-order valence-corrected chi connectivity index (χ4v) is 3.36. The number of rotatable bonds is 3. The molecule has 0 atom stereocenters. The van der Waals surface area contributed by atoms with Gasteiger partial charge in [-0.1, -0.05) is 0 Å². The Morgan fingerprint density at radius 1 is 1.32 bits per heavy atom. The molecule has 2 aliphatic rings. The second-order valence-corrected chi connectivity index (χ2v) is 6.29. The number of amides is 1. The van der Waals surface area contributed by atoms with Gasteiger partial charge in [-0.2, -0.15) is 4.37 Å². The lowest BCUT2D eigenvalue weighted by atomic mass is 10.0. The Kier molecular flexibility index (Phi) is 3.43. The summed E-state index contributed by atoms with van der Waals surface area (Å²) < 4.78 is 4.46. The minimum Gasteiger partial charge on any atom is -0.347 e.